The van der Waals surface area contributed by atoms with Gasteiger partial charge in [0.15, 0.2) is 0 Å². The zero-order valence-electron chi connectivity index (χ0n) is 7.80. The minimum atomic E-state index is -0.359. The van der Waals surface area contributed by atoms with Crippen LogP contribution in [0, 0.1) is 5.82 Å². The number of hydrogen-bond donors (Lipinski definition) is 2. The van der Waals surface area contributed by atoms with Crippen molar-refractivity contribution in [1.29, 1.82) is 0 Å². The first-order valence-electron chi connectivity index (χ1n) is 4.42. The van der Waals surface area contributed by atoms with Crippen molar-refractivity contribution < 1.29 is 4.39 Å². The van der Waals surface area contributed by atoms with Crippen molar-refractivity contribution in [3.05, 3.63) is 47.3 Å². The van der Waals surface area contributed by atoms with Crippen molar-refractivity contribution >= 4 is 17.3 Å². The molecule has 2 N–H and O–H groups in total. The second-order valence-electron chi connectivity index (χ2n) is 3.03. The van der Waals surface area contributed by atoms with E-state index in [2.05, 4.69) is 15.3 Å². The highest BCUT2D eigenvalue weighted by atomic mass is 35.5. The van der Waals surface area contributed by atoms with Crippen molar-refractivity contribution in [3.63, 3.8) is 0 Å². The number of imidazole rings is 1. The Kier molecular flexibility index (Phi) is 2.87. The van der Waals surface area contributed by atoms with Crippen molar-refractivity contribution in [1.82, 2.24) is 9.97 Å². The van der Waals surface area contributed by atoms with Crippen LogP contribution in [0.1, 0.15) is 5.69 Å². The molecule has 0 bridgehead atoms. The maximum Gasteiger partial charge on any atom is 0.147 e. The summed E-state index contributed by atoms with van der Waals surface area (Å²) >= 11 is 5.84. The zero-order valence-corrected chi connectivity index (χ0v) is 8.55. The van der Waals surface area contributed by atoms with Gasteiger partial charge in [-0.15, -0.1) is 0 Å². The highest BCUT2D eigenvalue weighted by Crippen LogP contribution is 2.24. The number of nitrogens with zero attached hydrogens (tertiary/aromatic N) is 1. The molecule has 1 aromatic heterocycles. The lowest BCUT2D eigenvalue weighted by Gasteiger charge is -2.07. The second kappa shape index (κ2) is 4.31. The lowest BCUT2D eigenvalue weighted by Crippen LogP contribution is -2.02. The molecule has 15 heavy (non-hydrogen) atoms. The number of hydrogen-bond acceptors (Lipinski definition) is 2. The quantitative estimate of drug-likeness (QED) is 0.843. The van der Waals surface area contributed by atoms with Gasteiger partial charge in [-0.05, 0) is 12.1 Å². The fourth-order valence-corrected chi connectivity index (χ4v) is 1.46. The Bertz CT molecular complexity index is 422. The third kappa shape index (κ3) is 2.27. The Morgan fingerprint density at radius 3 is 3.00 bits per heavy atom. The highest BCUT2D eigenvalue weighted by Gasteiger charge is 2.05. The fraction of sp³-hybridized carbons (Fsp3) is 0.100. The summed E-state index contributed by atoms with van der Waals surface area (Å²) in [6.07, 6.45) is 3.24. The Morgan fingerprint density at radius 2 is 2.33 bits per heavy atom. The first-order chi connectivity index (χ1) is 7.27. The van der Waals surface area contributed by atoms with Crippen molar-refractivity contribution in [2.75, 3.05) is 5.32 Å². The predicted octanol–water partition coefficient (Wildman–Crippen LogP) is 2.81. The van der Waals surface area contributed by atoms with E-state index in [0.717, 1.165) is 5.69 Å². The van der Waals surface area contributed by atoms with E-state index < -0.39 is 0 Å². The standard InChI is InChI=1S/C10H9ClFN3/c11-8-2-1-3-9(12)10(8)14-5-7-4-13-6-15-7/h1-4,6,14H,5H2,(H,13,15). The topological polar surface area (TPSA) is 40.7 Å². The lowest BCUT2D eigenvalue weighted by atomic mass is 10.3. The fourth-order valence-electron chi connectivity index (χ4n) is 1.23. The number of nitrogens with one attached hydrogen (secondary N) is 2. The number of aromatic nitrogens is 2. The summed E-state index contributed by atoms with van der Waals surface area (Å²) in [5, 5.41) is 3.28. The molecule has 0 atom stereocenters. The Balaban J connectivity index is 2.11. The van der Waals surface area contributed by atoms with E-state index in [1.54, 1.807) is 24.7 Å². The van der Waals surface area contributed by atoms with E-state index in [4.69, 9.17) is 11.6 Å². The number of H-pyrrole nitrogens is 1. The van der Waals surface area contributed by atoms with Crippen molar-refractivity contribution in [2.24, 2.45) is 0 Å². The molecule has 0 fully saturated rings. The number of para-hydroxylation sites is 1. The molecular weight excluding hydrogens is 217 g/mol. The summed E-state index contributed by atoms with van der Waals surface area (Å²) < 4.78 is 13.3. The summed E-state index contributed by atoms with van der Waals surface area (Å²) in [7, 11) is 0. The van der Waals surface area contributed by atoms with Gasteiger partial charge in [0.1, 0.15) is 5.82 Å². The molecule has 0 aliphatic heterocycles. The van der Waals surface area contributed by atoms with E-state index in [-0.39, 0.29) is 5.82 Å². The predicted molar refractivity (Wildman–Crippen MR) is 57.3 cm³/mol. The van der Waals surface area contributed by atoms with Gasteiger partial charge in [-0.1, -0.05) is 17.7 Å². The van der Waals surface area contributed by atoms with Gasteiger partial charge in [0.05, 0.1) is 29.3 Å². The van der Waals surface area contributed by atoms with Crippen LogP contribution in [0.15, 0.2) is 30.7 Å². The molecule has 3 nitrogen and oxygen atoms in total. The van der Waals surface area contributed by atoms with E-state index in [0.29, 0.717) is 17.3 Å². The largest absolute Gasteiger partial charge is 0.376 e. The molecule has 1 aromatic carbocycles. The second-order valence-corrected chi connectivity index (χ2v) is 3.43. The monoisotopic (exact) mass is 225 g/mol. The van der Waals surface area contributed by atoms with Crippen molar-refractivity contribution in [2.45, 2.75) is 6.54 Å². The van der Waals surface area contributed by atoms with Crippen LogP contribution >= 0.6 is 11.6 Å². The SMILES string of the molecule is Fc1cccc(Cl)c1NCc1cnc[nH]1. The zero-order chi connectivity index (χ0) is 10.7. The molecule has 0 spiro atoms. The molecular formula is C10H9ClFN3. The molecule has 2 rings (SSSR count). The van der Waals surface area contributed by atoms with E-state index in [9.17, 15) is 4.39 Å². The van der Waals surface area contributed by atoms with E-state index >= 15 is 0 Å². The molecule has 0 unspecified atom stereocenters. The first-order valence-corrected chi connectivity index (χ1v) is 4.80. The number of rotatable bonds is 3. The maximum atomic E-state index is 13.3. The molecule has 0 saturated heterocycles. The minimum absolute atomic E-state index is 0.314. The van der Waals surface area contributed by atoms with Crippen LogP contribution in [0.3, 0.4) is 0 Å². The Labute approximate surface area is 91.3 Å². The normalized spacial score (nSPS) is 10.3. The summed E-state index contributed by atoms with van der Waals surface area (Å²) in [4.78, 5) is 6.76. The van der Waals surface area contributed by atoms with Crippen LogP contribution in [0.25, 0.3) is 0 Å². The lowest BCUT2D eigenvalue weighted by molar-refractivity contribution is 0.630. The van der Waals surface area contributed by atoms with Gasteiger partial charge in [0, 0.05) is 6.20 Å². The van der Waals surface area contributed by atoms with Crippen LogP contribution in [0.5, 0.6) is 0 Å². The molecule has 0 radical (unpaired) electrons. The van der Waals surface area contributed by atoms with Crippen LogP contribution in [-0.4, -0.2) is 9.97 Å². The molecule has 78 valence electrons. The van der Waals surface area contributed by atoms with Gasteiger partial charge in [0.2, 0.25) is 0 Å². The molecule has 0 amide bonds. The van der Waals surface area contributed by atoms with Gasteiger partial charge in [-0.3, -0.25) is 0 Å². The number of benzene rings is 1. The summed E-state index contributed by atoms with van der Waals surface area (Å²) in [6.45, 7) is 0.459. The third-order valence-corrected chi connectivity index (χ3v) is 2.29. The minimum Gasteiger partial charge on any atom is -0.376 e. The van der Waals surface area contributed by atoms with Gasteiger partial charge in [0.25, 0.3) is 0 Å². The molecule has 5 heteroatoms. The van der Waals surface area contributed by atoms with E-state index in [1.807, 2.05) is 0 Å². The van der Waals surface area contributed by atoms with Gasteiger partial charge < -0.3 is 10.3 Å². The Morgan fingerprint density at radius 1 is 1.47 bits per heavy atom. The number of anilines is 1. The summed E-state index contributed by atoms with van der Waals surface area (Å²) in [5.74, 6) is -0.359. The van der Waals surface area contributed by atoms with Crippen LogP contribution in [-0.2, 0) is 6.54 Å². The van der Waals surface area contributed by atoms with Gasteiger partial charge >= 0.3 is 0 Å². The van der Waals surface area contributed by atoms with Gasteiger partial charge in [-0.25, -0.2) is 9.37 Å². The van der Waals surface area contributed by atoms with Crippen molar-refractivity contribution in [3.8, 4) is 0 Å². The highest BCUT2D eigenvalue weighted by molar-refractivity contribution is 6.33. The molecule has 0 aliphatic carbocycles. The summed E-state index contributed by atoms with van der Waals surface area (Å²) in [6, 6.07) is 4.57. The Hall–Kier alpha value is -1.55. The first kappa shape index (κ1) is 9.98. The van der Waals surface area contributed by atoms with Crippen LogP contribution in [0.2, 0.25) is 5.02 Å². The number of halogens is 2. The average Bonchev–Trinajstić information content (AvgIpc) is 2.70. The average molecular weight is 226 g/mol. The maximum absolute atomic E-state index is 13.3. The third-order valence-electron chi connectivity index (χ3n) is 1.97. The molecule has 0 aliphatic rings. The summed E-state index contributed by atoms with van der Waals surface area (Å²) in [5.41, 5.74) is 1.18. The van der Waals surface area contributed by atoms with Crippen LogP contribution in [0.4, 0.5) is 10.1 Å². The van der Waals surface area contributed by atoms with E-state index in [1.165, 1.54) is 6.07 Å². The molecule has 0 saturated carbocycles. The molecule has 1 heterocycles. The molecule has 2 aromatic rings. The smallest absolute Gasteiger partial charge is 0.147 e. The van der Waals surface area contributed by atoms with Crippen LogP contribution < -0.4 is 5.32 Å². The number of aromatic amines is 1. The van der Waals surface area contributed by atoms with Gasteiger partial charge in [-0.2, -0.15) is 0 Å².